The van der Waals surface area contributed by atoms with Gasteiger partial charge in [-0.25, -0.2) is 4.90 Å². The summed E-state index contributed by atoms with van der Waals surface area (Å²) in [6.07, 6.45) is 2.24. The number of thiophene rings is 1. The van der Waals surface area contributed by atoms with Crippen molar-refractivity contribution in [1.82, 2.24) is 14.8 Å². The van der Waals surface area contributed by atoms with Crippen LogP contribution in [0, 0.1) is 39.6 Å². The van der Waals surface area contributed by atoms with Crippen LogP contribution in [0.1, 0.15) is 36.8 Å². The quantitative estimate of drug-likeness (QED) is 0.107. The number of nitrogens with zero attached hydrogens (tertiary/aromatic N) is 4. The van der Waals surface area contributed by atoms with Crippen molar-refractivity contribution in [2.24, 2.45) is 36.1 Å². The predicted molar refractivity (Wildman–Crippen MR) is 189 cm³/mol. The molecule has 2 aliphatic heterocycles. The van der Waals surface area contributed by atoms with Gasteiger partial charge in [-0.2, -0.15) is 10.2 Å². The van der Waals surface area contributed by atoms with Gasteiger partial charge in [0.1, 0.15) is 11.5 Å². The molecular formula is C35H30ClIN4O7S. The number of hydrogen-bond donors (Lipinski definition) is 2. The zero-order chi connectivity index (χ0) is 34.8. The topological polar surface area (TPSA) is 142 Å². The molecule has 3 fully saturated rings. The molecule has 14 heteroatoms. The van der Waals surface area contributed by atoms with Crippen molar-refractivity contribution in [1.29, 1.82) is 0 Å². The monoisotopic (exact) mass is 812 g/mol. The van der Waals surface area contributed by atoms with Crippen LogP contribution < -0.4 is 9.64 Å². The first-order valence-electron chi connectivity index (χ1n) is 15.7. The first-order chi connectivity index (χ1) is 23.3. The first kappa shape index (κ1) is 32.4. The van der Waals surface area contributed by atoms with E-state index < -0.39 is 58.6 Å². The van der Waals surface area contributed by atoms with Crippen LogP contribution in [0.5, 0.6) is 11.5 Å². The SMILES string of the molecule is COc1cc([C@H]2C3=CC[C@@H]4C(=O)N(O)C(=O)[C@@H]4[C@@H]3C[C@H]3C(=O)N(c4cc(-c5sc6ccc(Cl)cc6c5C)nn4C)C(=O)[C@@]23C)cc(I)c1O. The lowest BCUT2D eigenvalue weighted by Crippen LogP contribution is -2.48. The number of phenols is 1. The Hall–Kier alpha value is -3.79. The fourth-order valence-corrected chi connectivity index (χ4v) is 10.7. The molecule has 4 aromatic rings. The summed E-state index contributed by atoms with van der Waals surface area (Å²) in [5.41, 5.74) is 1.68. The second kappa shape index (κ2) is 11.1. The summed E-state index contributed by atoms with van der Waals surface area (Å²) in [5, 5.41) is 27.6. The molecular weight excluding hydrogens is 783 g/mol. The number of halogens is 2. The maximum atomic E-state index is 14.9. The van der Waals surface area contributed by atoms with E-state index in [0.717, 1.165) is 26.1 Å². The van der Waals surface area contributed by atoms with Crippen molar-refractivity contribution in [3.8, 4) is 22.1 Å². The van der Waals surface area contributed by atoms with Gasteiger partial charge in [-0.1, -0.05) is 23.3 Å². The summed E-state index contributed by atoms with van der Waals surface area (Å²) < 4.78 is 8.56. The highest BCUT2D eigenvalue weighted by Gasteiger charge is 2.68. The number of carbonyl (C=O) groups excluding carboxylic acids is 4. The number of carbonyl (C=O) groups is 4. The van der Waals surface area contributed by atoms with Crippen LogP contribution in [0.25, 0.3) is 20.7 Å². The molecule has 4 aliphatic rings. The third kappa shape index (κ3) is 4.37. The van der Waals surface area contributed by atoms with Crippen molar-refractivity contribution < 1.29 is 34.2 Å². The van der Waals surface area contributed by atoms with Gasteiger partial charge in [0, 0.05) is 28.8 Å². The van der Waals surface area contributed by atoms with Crippen LogP contribution in [-0.4, -0.2) is 55.9 Å². The average molecular weight is 813 g/mol. The Bertz CT molecular complexity index is 2210. The van der Waals surface area contributed by atoms with Crippen LogP contribution in [0.2, 0.25) is 5.02 Å². The van der Waals surface area contributed by atoms with E-state index in [1.807, 2.05) is 53.8 Å². The molecule has 0 bridgehead atoms. The van der Waals surface area contributed by atoms with Crippen molar-refractivity contribution in [3.05, 3.63) is 67.8 Å². The van der Waals surface area contributed by atoms with Gasteiger partial charge < -0.3 is 9.84 Å². The van der Waals surface area contributed by atoms with Crippen LogP contribution in [0.3, 0.4) is 0 Å². The van der Waals surface area contributed by atoms with Crippen molar-refractivity contribution in [2.45, 2.75) is 32.6 Å². The molecule has 11 nitrogen and oxygen atoms in total. The molecule has 49 heavy (non-hydrogen) atoms. The Morgan fingerprint density at radius 1 is 1.08 bits per heavy atom. The fourth-order valence-electron chi connectivity index (χ4n) is 8.73. The number of methoxy groups -OCH3 is 1. The predicted octanol–water partition coefficient (Wildman–Crippen LogP) is 6.20. The Morgan fingerprint density at radius 3 is 2.57 bits per heavy atom. The van der Waals surface area contributed by atoms with E-state index >= 15 is 0 Å². The zero-order valence-corrected chi connectivity index (χ0v) is 30.5. The number of fused-ring (bicyclic) bond motifs is 5. The number of aromatic hydroxyl groups is 1. The number of hydroxylamine groups is 2. The van der Waals surface area contributed by atoms with Gasteiger partial charge >= 0.3 is 0 Å². The van der Waals surface area contributed by atoms with E-state index in [4.69, 9.17) is 21.4 Å². The highest BCUT2D eigenvalue weighted by molar-refractivity contribution is 14.1. The smallest absolute Gasteiger partial charge is 0.257 e. The molecule has 0 spiro atoms. The summed E-state index contributed by atoms with van der Waals surface area (Å²) in [6, 6.07) is 10.9. The molecule has 2 aromatic carbocycles. The Morgan fingerprint density at radius 2 is 1.84 bits per heavy atom. The van der Waals surface area contributed by atoms with Crippen LogP contribution in [0.4, 0.5) is 5.82 Å². The summed E-state index contributed by atoms with van der Waals surface area (Å²) in [6.45, 7) is 3.78. The minimum atomic E-state index is -1.31. The van der Waals surface area contributed by atoms with E-state index in [1.165, 1.54) is 16.7 Å². The van der Waals surface area contributed by atoms with Crippen molar-refractivity contribution in [2.75, 3.05) is 12.0 Å². The molecule has 252 valence electrons. The molecule has 0 unspecified atom stereocenters. The van der Waals surface area contributed by atoms with Crippen LogP contribution >= 0.6 is 45.5 Å². The third-order valence-electron chi connectivity index (χ3n) is 11.1. The van der Waals surface area contributed by atoms with Crippen molar-refractivity contribution in [3.63, 3.8) is 0 Å². The number of aryl methyl sites for hydroxylation is 2. The largest absolute Gasteiger partial charge is 0.504 e. The number of aromatic nitrogens is 2. The number of imide groups is 2. The number of rotatable bonds is 4. The van der Waals surface area contributed by atoms with Gasteiger partial charge in [-0.15, -0.1) is 11.3 Å². The highest BCUT2D eigenvalue weighted by Crippen LogP contribution is 2.64. The molecule has 2 aliphatic carbocycles. The Labute approximate surface area is 303 Å². The Balaban J connectivity index is 1.28. The molecule has 1 saturated carbocycles. The number of allylic oxidation sites excluding steroid dienone is 2. The summed E-state index contributed by atoms with van der Waals surface area (Å²) in [7, 11) is 3.13. The van der Waals surface area contributed by atoms with E-state index in [2.05, 4.69) is 0 Å². The highest BCUT2D eigenvalue weighted by atomic mass is 127. The summed E-state index contributed by atoms with van der Waals surface area (Å²) in [5.74, 6) is -5.52. The second-order valence-electron chi connectivity index (χ2n) is 13.4. The van der Waals surface area contributed by atoms with E-state index in [9.17, 15) is 29.5 Å². The maximum Gasteiger partial charge on any atom is 0.257 e. The zero-order valence-electron chi connectivity index (χ0n) is 26.7. The standard InChI is InChI=1S/C35H30ClIN4O7S/c1-14-19-11-16(36)5-8-25(19)49-30(14)23-13-26(39(3)38-23)40-32(44)21-12-20-17(6-7-18-27(20)33(45)41(47)31(18)43)28(35(21,2)34(40)46)15-9-22(37)29(42)24(10-15)48-4/h5-6,8-11,13,18,20-21,27-28,42,47H,7,12H2,1-4H3/t18-,20+,21-,27-,28-,35+/m0/s1. The number of ether oxygens (including phenoxy) is 1. The Kier molecular flexibility index (Phi) is 7.35. The lowest BCUT2D eigenvalue weighted by Gasteiger charge is -2.49. The molecule has 2 aromatic heterocycles. The number of anilines is 1. The van der Waals surface area contributed by atoms with Crippen LogP contribution in [-0.2, 0) is 26.2 Å². The molecule has 2 saturated heterocycles. The molecule has 4 amide bonds. The normalized spacial score (nSPS) is 27.9. The van der Waals surface area contributed by atoms with Gasteiger partial charge in [0.05, 0.1) is 38.7 Å². The first-order valence-corrected chi connectivity index (χ1v) is 18.0. The molecule has 6 atom stereocenters. The number of hydrogen-bond acceptors (Lipinski definition) is 9. The lowest BCUT2D eigenvalue weighted by molar-refractivity contribution is -0.173. The average Bonchev–Trinajstić information content (AvgIpc) is 3.73. The van der Waals surface area contributed by atoms with Gasteiger partial charge in [0.15, 0.2) is 11.5 Å². The summed E-state index contributed by atoms with van der Waals surface area (Å²) >= 11 is 9.83. The van der Waals surface area contributed by atoms with E-state index in [0.29, 0.717) is 25.7 Å². The molecule has 0 radical (unpaired) electrons. The van der Waals surface area contributed by atoms with E-state index in [-0.39, 0.29) is 29.4 Å². The van der Waals surface area contributed by atoms with Gasteiger partial charge in [0.2, 0.25) is 11.8 Å². The van der Waals surface area contributed by atoms with Gasteiger partial charge in [-0.05, 0) is 102 Å². The minimum Gasteiger partial charge on any atom is -0.504 e. The molecule has 8 rings (SSSR count). The van der Waals surface area contributed by atoms with Crippen LogP contribution in [0.15, 0.2) is 48.0 Å². The molecule has 4 heterocycles. The molecule has 2 N–H and O–H groups in total. The van der Waals surface area contributed by atoms with Crippen molar-refractivity contribution >= 4 is 85.1 Å². The van der Waals surface area contributed by atoms with Gasteiger partial charge in [-0.3, -0.25) is 29.1 Å². The van der Waals surface area contributed by atoms with E-state index in [1.54, 1.807) is 43.5 Å². The minimum absolute atomic E-state index is 0.0530. The number of benzene rings is 2. The maximum absolute atomic E-state index is 14.9. The summed E-state index contributed by atoms with van der Waals surface area (Å²) in [4.78, 5) is 57.9. The number of phenolic OH excluding ortho intramolecular Hbond substituents is 1. The number of amides is 4. The lowest BCUT2D eigenvalue weighted by atomic mass is 9.51. The third-order valence-corrected chi connectivity index (χ3v) is 13.4. The van der Waals surface area contributed by atoms with Gasteiger partial charge in [0.25, 0.3) is 11.8 Å². The second-order valence-corrected chi connectivity index (χ2v) is 16.1. The fraction of sp³-hybridized carbons (Fsp3) is 0.343.